The van der Waals surface area contributed by atoms with E-state index >= 15 is 0 Å². The van der Waals surface area contributed by atoms with Gasteiger partial charge >= 0.3 is 0 Å². The van der Waals surface area contributed by atoms with E-state index in [1.165, 1.54) is 41.9 Å². The number of pyridine rings is 1. The van der Waals surface area contributed by atoms with E-state index in [1.54, 1.807) is 54.6 Å². The van der Waals surface area contributed by atoms with Crippen molar-refractivity contribution in [2.75, 3.05) is 5.32 Å². The van der Waals surface area contributed by atoms with Gasteiger partial charge in [-0.25, -0.2) is 5.26 Å². The number of nitrogens with one attached hydrogen (secondary N) is 1. The van der Waals surface area contributed by atoms with Gasteiger partial charge in [0.15, 0.2) is 11.6 Å². The van der Waals surface area contributed by atoms with Crippen LogP contribution in [0.15, 0.2) is 99.5 Å². The van der Waals surface area contributed by atoms with Crippen molar-refractivity contribution in [3.8, 4) is 11.1 Å². The molecule has 0 fully saturated rings. The van der Waals surface area contributed by atoms with E-state index in [0.29, 0.717) is 55.9 Å². The molecule has 0 saturated carbocycles. The maximum Gasteiger partial charge on any atom is 0.294 e. The van der Waals surface area contributed by atoms with Crippen molar-refractivity contribution in [3.05, 3.63) is 118 Å². The first-order valence-electron chi connectivity index (χ1n) is 12.4. The molecule has 0 bridgehead atoms. The van der Waals surface area contributed by atoms with Crippen molar-refractivity contribution in [3.63, 3.8) is 0 Å². The Morgan fingerprint density at radius 1 is 0.905 bits per heavy atom. The van der Waals surface area contributed by atoms with Crippen LogP contribution in [0.2, 0.25) is 0 Å². The molecule has 0 radical (unpaired) electrons. The van der Waals surface area contributed by atoms with Crippen LogP contribution < -0.4 is 10.9 Å². The number of rotatable bonds is 7. The molecule has 1 aliphatic carbocycles. The Labute approximate surface area is 243 Å². The monoisotopic (exact) mass is 600 g/mol. The summed E-state index contributed by atoms with van der Waals surface area (Å²) in [6, 6.07) is 21.7. The normalized spacial score (nSPS) is 12.3. The number of benzene rings is 4. The van der Waals surface area contributed by atoms with Gasteiger partial charge in [-0.15, -0.1) is 0 Å². The number of hydrogen-bond acceptors (Lipinski definition) is 9. The maximum atomic E-state index is 14.0. The number of aryl methyl sites for hydroxylation is 1. The van der Waals surface area contributed by atoms with Crippen molar-refractivity contribution < 1.29 is 32.2 Å². The summed E-state index contributed by atoms with van der Waals surface area (Å²) in [4.78, 5) is 42.0. The van der Waals surface area contributed by atoms with E-state index in [0.717, 1.165) is 0 Å². The quantitative estimate of drug-likeness (QED) is 0.0707. The second kappa shape index (κ2) is 10.4. The van der Waals surface area contributed by atoms with Crippen LogP contribution in [0.4, 0.5) is 11.4 Å². The van der Waals surface area contributed by atoms with Crippen molar-refractivity contribution in [2.45, 2.75) is 9.79 Å². The van der Waals surface area contributed by atoms with Crippen LogP contribution in [0, 0.1) is 0 Å². The molecule has 1 aliphatic rings. The van der Waals surface area contributed by atoms with Gasteiger partial charge in [-0.1, -0.05) is 36.4 Å². The zero-order chi connectivity index (χ0) is 29.8. The first-order chi connectivity index (χ1) is 20.1. The Balaban J connectivity index is 1.63. The van der Waals surface area contributed by atoms with Gasteiger partial charge in [-0.2, -0.15) is 12.8 Å². The lowest BCUT2D eigenvalue weighted by Crippen LogP contribution is -2.29. The lowest BCUT2D eigenvalue weighted by atomic mass is 9.80. The Hall–Kier alpha value is -4.59. The van der Waals surface area contributed by atoms with Crippen LogP contribution in [0.1, 0.15) is 31.8 Å². The molecule has 0 aliphatic heterocycles. The summed E-state index contributed by atoms with van der Waals surface area (Å²) in [5.74, 6) is -0.890. The summed E-state index contributed by atoms with van der Waals surface area (Å²) in [5, 5.41) is 12.4. The van der Waals surface area contributed by atoms with Gasteiger partial charge in [-0.05, 0) is 54.1 Å². The number of ketones is 2. The SMILES string of the molecule is Cn1c(=O)c(C(=O)c2cccc(SOO)c2)c2c3c(c(Nc4ccc(S(=O)(=O)O)cc4)ccc31)C(=O)c1ccccc1-2. The number of nitrogens with zero attached hydrogens (tertiary/aromatic N) is 1. The molecule has 4 aromatic carbocycles. The smallest absolute Gasteiger partial charge is 0.294 e. The van der Waals surface area contributed by atoms with Gasteiger partial charge in [0.05, 0.1) is 39.3 Å². The first-order valence-corrected chi connectivity index (χ1v) is 14.6. The van der Waals surface area contributed by atoms with Crippen LogP contribution >= 0.6 is 12.0 Å². The van der Waals surface area contributed by atoms with Crippen molar-refractivity contribution in [1.29, 1.82) is 0 Å². The predicted octanol–water partition coefficient (Wildman–Crippen LogP) is 5.47. The molecule has 0 spiro atoms. The molecule has 3 N–H and O–H groups in total. The number of hydrogen-bond donors (Lipinski definition) is 3. The molecule has 1 aromatic heterocycles. The van der Waals surface area contributed by atoms with Gasteiger partial charge in [0, 0.05) is 39.7 Å². The fourth-order valence-corrected chi connectivity index (χ4v) is 6.10. The molecular formula is C30H20N2O8S2. The average molecular weight is 601 g/mol. The highest BCUT2D eigenvalue weighted by Gasteiger charge is 2.34. The van der Waals surface area contributed by atoms with Crippen LogP contribution in [0.3, 0.4) is 0 Å². The van der Waals surface area contributed by atoms with Crippen molar-refractivity contribution in [2.24, 2.45) is 7.05 Å². The van der Waals surface area contributed by atoms with Crippen molar-refractivity contribution in [1.82, 2.24) is 4.57 Å². The topological polar surface area (TPSA) is 152 Å². The fourth-order valence-electron chi connectivity index (χ4n) is 5.23. The molecule has 42 heavy (non-hydrogen) atoms. The summed E-state index contributed by atoms with van der Waals surface area (Å²) in [5.41, 5.74) is 2.09. The average Bonchev–Trinajstić information content (AvgIpc) is 2.98. The maximum absolute atomic E-state index is 14.0. The van der Waals surface area contributed by atoms with Crippen LogP contribution in [0.25, 0.3) is 22.0 Å². The molecule has 0 atom stereocenters. The number of aromatic nitrogens is 1. The standard InChI is InChI=1S/C30H20N2O8S2/c1-32-23-14-13-22(31-17-9-11-19(12-10-17)42(37,38)39)25-26(23)24(20-7-2-3-8-21(20)29(25)34)27(30(32)35)28(33)16-5-4-6-18(15-16)41-40-36/h2-15,31,36H,1H3,(H,37,38,39). The van der Waals surface area contributed by atoms with Crippen molar-refractivity contribution >= 4 is 56.0 Å². The molecule has 12 heteroatoms. The molecule has 0 amide bonds. The van der Waals surface area contributed by atoms with E-state index in [9.17, 15) is 27.4 Å². The van der Waals surface area contributed by atoms with Gasteiger partial charge < -0.3 is 9.88 Å². The number of anilines is 2. The van der Waals surface area contributed by atoms with Crippen LogP contribution in [0.5, 0.6) is 0 Å². The number of carbonyl (C=O) groups is 2. The molecule has 6 rings (SSSR count). The van der Waals surface area contributed by atoms with Crippen LogP contribution in [-0.4, -0.2) is 34.4 Å². The molecule has 1 heterocycles. The molecule has 10 nitrogen and oxygen atoms in total. The minimum Gasteiger partial charge on any atom is -0.355 e. The summed E-state index contributed by atoms with van der Waals surface area (Å²) >= 11 is 0.649. The van der Waals surface area contributed by atoms with Gasteiger partial charge in [0.2, 0.25) is 0 Å². The van der Waals surface area contributed by atoms with E-state index in [1.807, 2.05) is 0 Å². The minimum absolute atomic E-state index is 0.118. The van der Waals surface area contributed by atoms with Gasteiger partial charge in [0.1, 0.15) is 0 Å². The van der Waals surface area contributed by atoms with E-state index in [2.05, 4.69) is 9.65 Å². The molecule has 210 valence electrons. The predicted molar refractivity (Wildman–Crippen MR) is 157 cm³/mol. The third kappa shape index (κ3) is 4.51. The molecular weight excluding hydrogens is 580 g/mol. The van der Waals surface area contributed by atoms with E-state index in [-0.39, 0.29) is 27.4 Å². The molecule has 5 aromatic rings. The second-order valence-corrected chi connectivity index (χ2v) is 11.7. The zero-order valence-corrected chi connectivity index (χ0v) is 23.3. The summed E-state index contributed by atoms with van der Waals surface area (Å²) < 4.78 is 37.7. The fraction of sp³-hybridized carbons (Fsp3) is 0.0333. The minimum atomic E-state index is -4.39. The Bertz CT molecular complexity index is 2120. The van der Waals surface area contributed by atoms with Gasteiger partial charge in [0.25, 0.3) is 15.7 Å². The lowest BCUT2D eigenvalue weighted by Gasteiger charge is -2.25. The third-order valence-corrected chi connectivity index (χ3v) is 8.51. The highest BCUT2D eigenvalue weighted by atomic mass is 32.2. The van der Waals surface area contributed by atoms with Gasteiger partial charge in [-0.3, -0.25) is 18.9 Å². The number of fused-ring (bicyclic) bond motifs is 2. The summed E-state index contributed by atoms with van der Waals surface area (Å²) in [6.45, 7) is 0. The highest BCUT2D eigenvalue weighted by Crippen LogP contribution is 2.44. The largest absolute Gasteiger partial charge is 0.355 e. The van der Waals surface area contributed by atoms with E-state index < -0.39 is 21.5 Å². The van der Waals surface area contributed by atoms with Crippen LogP contribution in [-0.2, 0) is 21.5 Å². The lowest BCUT2D eigenvalue weighted by molar-refractivity contribution is -0.116. The Kier molecular flexibility index (Phi) is 6.80. The summed E-state index contributed by atoms with van der Waals surface area (Å²) in [6.07, 6.45) is 0. The Morgan fingerprint density at radius 3 is 2.31 bits per heavy atom. The summed E-state index contributed by atoms with van der Waals surface area (Å²) in [7, 11) is -2.86. The Morgan fingerprint density at radius 2 is 1.62 bits per heavy atom. The van der Waals surface area contributed by atoms with E-state index in [4.69, 9.17) is 5.26 Å². The molecule has 0 saturated heterocycles. The first kappa shape index (κ1) is 27.6. The zero-order valence-electron chi connectivity index (χ0n) is 21.7. The third-order valence-electron chi connectivity index (χ3n) is 7.12. The second-order valence-electron chi connectivity index (χ2n) is 9.51. The molecule has 0 unspecified atom stereocenters. The number of carbonyl (C=O) groups excluding carboxylic acids is 2. The highest BCUT2D eigenvalue weighted by molar-refractivity contribution is 7.94.